The Morgan fingerprint density at radius 1 is 1.00 bits per heavy atom. The first-order valence-corrected chi connectivity index (χ1v) is 6.82. The molecule has 0 aliphatic carbocycles. The summed E-state index contributed by atoms with van der Waals surface area (Å²) in [4.78, 5) is 0. The molecule has 1 unspecified atom stereocenters. The predicted octanol–water partition coefficient (Wildman–Crippen LogP) is 3.61. The van der Waals surface area contributed by atoms with Crippen LogP contribution in [0.2, 0.25) is 0 Å². The van der Waals surface area contributed by atoms with Crippen LogP contribution in [0, 0.1) is 0 Å². The van der Waals surface area contributed by atoms with Crippen molar-refractivity contribution in [1.82, 2.24) is 0 Å². The van der Waals surface area contributed by atoms with E-state index in [1.54, 1.807) is 0 Å². The average molecular weight is 255 g/mol. The summed E-state index contributed by atoms with van der Waals surface area (Å²) in [5.74, 6) is 0. The molecule has 0 fully saturated rings. The van der Waals surface area contributed by atoms with Crippen LogP contribution in [0.4, 0.5) is 5.69 Å². The number of nitrogens with one attached hydrogen (secondary N) is 1. The van der Waals surface area contributed by atoms with Crippen molar-refractivity contribution >= 4 is 5.69 Å². The van der Waals surface area contributed by atoms with E-state index >= 15 is 0 Å². The highest BCUT2D eigenvalue weighted by Crippen LogP contribution is 2.15. The number of hydrogen-bond donors (Lipinski definition) is 2. The Bertz CT molecular complexity index is 496. The first-order chi connectivity index (χ1) is 9.31. The van der Waals surface area contributed by atoms with Gasteiger partial charge in [0.2, 0.25) is 0 Å². The molecular weight excluding hydrogens is 234 g/mol. The molecule has 2 heteroatoms. The standard InChI is InChI=1S/C17H21NO/c1-2-16(11-14-7-4-3-5-8-14)18-17-10-6-9-15(12-17)13-19/h3-10,12,16,18-19H,2,11,13H2,1H3. The molecule has 2 N–H and O–H groups in total. The van der Waals surface area contributed by atoms with Crippen molar-refractivity contribution in [2.75, 3.05) is 5.32 Å². The number of hydrogen-bond acceptors (Lipinski definition) is 2. The molecule has 0 aliphatic rings. The molecule has 0 aromatic heterocycles. The lowest BCUT2D eigenvalue weighted by Gasteiger charge is -2.19. The molecule has 100 valence electrons. The Kier molecular flexibility index (Phi) is 4.99. The van der Waals surface area contributed by atoms with Gasteiger partial charge in [-0.05, 0) is 36.1 Å². The number of aliphatic hydroxyl groups excluding tert-OH is 1. The number of aliphatic hydroxyl groups is 1. The van der Waals surface area contributed by atoms with Crippen molar-refractivity contribution in [3.05, 3.63) is 65.7 Å². The number of rotatable bonds is 6. The fourth-order valence-corrected chi connectivity index (χ4v) is 2.19. The molecule has 0 radical (unpaired) electrons. The van der Waals surface area contributed by atoms with Crippen molar-refractivity contribution in [2.24, 2.45) is 0 Å². The molecule has 2 aromatic carbocycles. The van der Waals surface area contributed by atoms with Gasteiger partial charge >= 0.3 is 0 Å². The highest BCUT2D eigenvalue weighted by Gasteiger charge is 2.07. The third-order valence-electron chi connectivity index (χ3n) is 3.30. The van der Waals surface area contributed by atoms with Crippen LogP contribution in [0.5, 0.6) is 0 Å². The van der Waals surface area contributed by atoms with E-state index in [2.05, 4.69) is 36.5 Å². The van der Waals surface area contributed by atoms with E-state index in [0.717, 1.165) is 24.1 Å². The minimum Gasteiger partial charge on any atom is -0.392 e. The maximum Gasteiger partial charge on any atom is 0.0682 e. The van der Waals surface area contributed by atoms with E-state index < -0.39 is 0 Å². The van der Waals surface area contributed by atoms with Crippen LogP contribution in [-0.2, 0) is 13.0 Å². The van der Waals surface area contributed by atoms with Gasteiger partial charge in [-0.1, -0.05) is 49.4 Å². The molecule has 2 rings (SSSR count). The van der Waals surface area contributed by atoms with Crippen molar-refractivity contribution < 1.29 is 5.11 Å². The van der Waals surface area contributed by atoms with Gasteiger partial charge < -0.3 is 10.4 Å². The molecule has 0 heterocycles. The third kappa shape index (κ3) is 4.11. The topological polar surface area (TPSA) is 32.3 Å². The summed E-state index contributed by atoms with van der Waals surface area (Å²) in [5, 5.41) is 12.7. The van der Waals surface area contributed by atoms with Crippen LogP contribution in [0.15, 0.2) is 54.6 Å². The summed E-state index contributed by atoms with van der Waals surface area (Å²) < 4.78 is 0. The lowest BCUT2D eigenvalue weighted by atomic mass is 10.0. The number of benzene rings is 2. The van der Waals surface area contributed by atoms with Gasteiger partial charge in [0.15, 0.2) is 0 Å². The van der Waals surface area contributed by atoms with Crippen molar-refractivity contribution in [1.29, 1.82) is 0 Å². The van der Waals surface area contributed by atoms with Crippen LogP contribution >= 0.6 is 0 Å². The predicted molar refractivity (Wildman–Crippen MR) is 80.2 cm³/mol. The highest BCUT2D eigenvalue weighted by molar-refractivity contribution is 5.46. The smallest absolute Gasteiger partial charge is 0.0682 e. The zero-order chi connectivity index (χ0) is 13.5. The van der Waals surface area contributed by atoms with Gasteiger partial charge in [0.05, 0.1) is 6.61 Å². The van der Waals surface area contributed by atoms with Gasteiger partial charge in [0, 0.05) is 11.7 Å². The van der Waals surface area contributed by atoms with E-state index in [0.29, 0.717) is 6.04 Å². The fourth-order valence-electron chi connectivity index (χ4n) is 2.19. The minimum absolute atomic E-state index is 0.0883. The van der Waals surface area contributed by atoms with Crippen molar-refractivity contribution in [2.45, 2.75) is 32.4 Å². The van der Waals surface area contributed by atoms with Gasteiger partial charge in [-0.2, -0.15) is 0 Å². The van der Waals surface area contributed by atoms with E-state index in [9.17, 15) is 0 Å². The second-order valence-corrected chi connectivity index (χ2v) is 4.80. The maximum atomic E-state index is 9.16. The van der Waals surface area contributed by atoms with Gasteiger partial charge in [-0.15, -0.1) is 0 Å². The molecule has 0 spiro atoms. The van der Waals surface area contributed by atoms with Gasteiger partial charge in [0.25, 0.3) is 0 Å². The summed E-state index contributed by atoms with van der Waals surface area (Å²) in [6, 6.07) is 18.9. The zero-order valence-electron chi connectivity index (χ0n) is 11.3. The molecule has 2 aromatic rings. The van der Waals surface area contributed by atoms with Crippen LogP contribution in [0.1, 0.15) is 24.5 Å². The molecule has 1 atom stereocenters. The summed E-state index contributed by atoms with van der Waals surface area (Å²) in [6.45, 7) is 2.28. The molecule has 0 saturated heterocycles. The lowest BCUT2D eigenvalue weighted by molar-refractivity contribution is 0.282. The maximum absolute atomic E-state index is 9.16. The summed E-state index contributed by atoms with van der Waals surface area (Å²) >= 11 is 0. The van der Waals surface area contributed by atoms with Crippen molar-refractivity contribution in [3.8, 4) is 0 Å². The third-order valence-corrected chi connectivity index (χ3v) is 3.30. The van der Waals surface area contributed by atoms with Gasteiger partial charge in [-0.25, -0.2) is 0 Å². The van der Waals surface area contributed by atoms with Crippen LogP contribution in [-0.4, -0.2) is 11.1 Å². The van der Waals surface area contributed by atoms with E-state index in [4.69, 9.17) is 5.11 Å². The molecule has 0 saturated carbocycles. The minimum atomic E-state index is 0.0883. The monoisotopic (exact) mass is 255 g/mol. The summed E-state index contributed by atoms with van der Waals surface area (Å²) in [7, 11) is 0. The summed E-state index contributed by atoms with van der Waals surface area (Å²) in [5.41, 5.74) is 3.37. The molecule has 19 heavy (non-hydrogen) atoms. The van der Waals surface area contributed by atoms with Crippen LogP contribution in [0.25, 0.3) is 0 Å². The fraction of sp³-hybridized carbons (Fsp3) is 0.294. The van der Waals surface area contributed by atoms with E-state index in [1.807, 2.05) is 30.3 Å². The quantitative estimate of drug-likeness (QED) is 0.826. The average Bonchev–Trinajstić information content (AvgIpc) is 2.48. The normalized spacial score (nSPS) is 12.1. The first-order valence-electron chi connectivity index (χ1n) is 6.82. The largest absolute Gasteiger partial charge is 0.392 e. The number of anilines is 1. The van der Waals surface area contributed by atoms with E-state index in [1.165, 1.54) is 5.56 Å². The SMILES string of the molecule is CCC(Cc1ccccc1)Nc1cccc(CO)c1. The second-order valence-electron chi connectivity index (χ2n) is 4.80. The second kappa shape index (κ2) is 6.95. The van der Waals surface area contributed by atoms with Gasteiger partial charge in [-0.3, -0.25) is 0 Å². The highest BCUT2D eigenvalue weighted by atomic mass is 16.3. The molecular formula is C17H21NO. The van der Waals surface area contributed by atoms with Crippen LogP contribution in [0.3, 0.4) is 0 Å². The Morgan fingerprint density at radius 3 is 2.42 bits per heavy atom. The molecule has 2 nitrogen and oxygen atoms in total. The van der Waals surface area contributed by atoms with Gasteiger partial charge in [0.1, 0.15) is 0 Å². The first kappa shape index (κ1) is 13.6. The molecule has 0 aliphatic heterocycles. The Morgan fingerprint density at radius 2 is 1.74 bits per heavy atom. The van der Waals surface area contributed by atoms with Crippen LogP contribution < -0.4 is 5.32 Å². The lowest BCUT2D eigenvalue weighted by Crippen LogP contribution is -2.21. The zero-order valence-corrected chi connectivity index (χ0v) is 11.3. The van der Waals surface area contributed by atoms with E-state index in [-0.39, 0.29) is 6.61 Å². The Labute approximate surface area is 115 Å². The Hall–Kier alpha value is -1.80. The molecule has 0 amide bonds. The Balaban J connectivity index is 2.02. The van der Waals surface area contributed by atoms with Crippen molar-refractivity contribution in [3.63, 3.8) is 0 Å². The molecule has 0 bridgehead atoms. The summed E-state index contributed by atoms with van der Waals surface area (Å²) in [6.07, 6.45) is 2.08.